The molecule has 1 spiro atoms. The van der Waals surface area contributed by atoms with Crippen molar-refractivity contribution in [3.8, 4) is 0 Å². The molecule has 0 bridgehead atoms. The maximum atomic E-state index is 12.5. The van der Waals surface area contributed by atoms with Gasteiger partial charge in [0.05, 0.1) is 15.4 Å². The fourth-order valence-corrected chi connectivity index (χ4v) is 5.30. The monoisotopic (exact) mass is 397 g/mol. The highest BCUT2D eigenvalue weighted by molar-refractivity contribution is 7.18. The summed E-state index contributed by atoms with van der Waals surface area (Å²) in [7, 11) is 0. The van der Waals surface area contributed by atoms with Crippen molar-refractivity contribution in [3.05, 3.63) is 28.4 Å². The average molecular weight is 398 g/mol. The molecule has 2 fully saturated rings. The number of hydrogen-bond donors (Lipinski definition) is 3. The zero-order valence-electron chi connectivity index (χ0n) is 15.8. The smallest absolute Gasteiger partial charge is 0.262 e. The number of carbonyl (C=O) groups is 2. The number of aromatic nitrogens is 2. The van der Waals surface area contributed by atoms with Gasteiger partial charge in [0.1, 0.15) is 18.0 Å². The Kier molecular flexibility index (Phi) is 4.12. The lowest BCUT2D eigenvalue weighted by Crippen LogP contribution is -2.40. The molecule has 2 aromatic rings. The summed E-state index contributed by atoms with van der Waals surface area (Å²) in [6, 6.07) is 2.09. The van der Waals surface area contributed by atoms with Gasteiger partial charge < -0.3 is 16.0 Å². The third-order valence-corrected chi connectivity index (χ3v) is 7.08. The van der Waals surface area contributed by atoms with Crippen molar-refractivity contribution in [3.63, 3.8) is 0 Å². The summed E-state index contributed by atoms with van der Waals surface area (Å²) in [5.41, 5.74) is 1.73. The molecule has 2 amide bonds. The molecule has 3 heterocycles. The fraction of sp³-hybridized carbons (Fsp3) is 0.500. The largest absolute Gasteiger partial charge is 0.342 e. The number of amides is 2. The van der Waals surface area contributed by atoms with Gasteiger partial charge in [0.25, 0.3) is 5.91 Å². The second-order valence-corrected chi connectivity index (χ2v) is 9.09. The van der Waals surface area contributed by atoms with Crippen LogP contribution in [-0.4, -0.2) is 21.8 Å². The molecule has 7 nitrogen and oxygen atoms in total. The maximum absolute atomic E-state index is 12.5. The minimum Gasteiger partial charge on any atom is -0.342 e. The molecule has 2 saturated carbocycles. The molecule has 28 heavy (non-hydrogen) atoms. The van der Waals surface area contributed by atoms with Crippen LogP contribution in [-0.2, 0) is 10.3 Å². The lowest BCUT2D eigenvalue weighted by atomic mass is 9.78. The summed E-state index contributed by atoms with van der Waals surface area (Å²) in [6.45, 7) is 1.89. The third-order valence-electron chi connectivity index (χ3n) is 6.03. The molecule has 1 aliphatic heterocycles. The van der Waals surface area contributed by atoms with Crippen molar-refractivity contribution in [2.24, 2.45) is 5.92 Å². The van der Waals surface area contributed by atoms with Crippen LogP contribution in [0, 0.1) is 12.8 Å². The van der Waals surface area contributed by atoms with Crippen molar-refractivity contribution in [1.29, 1.82) is 0 Å². The minimum absolute atomic E-state index is 0.0266. The Bertz CT molecular complexity index is 960. The predicted octanol–water partition coefficient (Wildman–Crippen LogP) is 3.84. The highest BCUT2D eigenvalue weighted by Gasteiger charge is 2.45. The molecule has 0 saturated heterocycles. The van der Waals surface area contributed by atoms with Gasteiger partial charge in [-0.15, -0.1) is 11.3 Å². The first-order valence-corrected chi connectivity index (χ1v) is 10.7. The van der Waals surface area contributed by atoms with Crippen LogP contribution in [0.5, 0.6) is 0 Å². The van der Waals surface area contributed by atoms with Crippen LogP contribution in [0.2, 0.25) is 0 Å². The van der Waals surface area contributed by atoms with E-state index in [-0.39, 0.29) is 23.3 Å². The molecule has 0 unspecified atom stereocenters. The van der Waals surface area contributed by atoms with E-state index in [4.69, 9.17) is 0 Å². The Hall–Kier alpha value is -2.48. The molecule has 0 aromatic carbocycles. The van der Waals surface area contributed by atoms with E-state index in [0.717, 1.165) is 59.5 Å². The number of carbonyl (C=O) groups excluding carboxylic acids is 2. The van der Waals surface area contributed by atoms with Crippen LogP contribution in [0.3, 0.4) is 0 Å². The van der Waals surface area contributed by atoms with Gasteiger partial charge in [-0.1, -0.05) is 19.3 Å². The second kappa shape index (κ2) is 6.55. The van der Waals surface area contributed by atoms with Gasteiger partial charge in [-0.25, -0.2) is 9.97 Å². The van der Waals surface area contributed by atoms with E-state index in [1.54, 1.807) is 0 Å². The van der Waals surface area contributed by atoms with Gasteiger partial charge in [-0.3, -0.25) is 9.59 Å². The number of thiophene rings is 1. The molecule has 8 heteroatoms. The number of fused-ring (bicyclic) bond motifs is 2. The summed E-state index contributed by atoms with van der Waals surface area (Å²) in [6.07, 6.45) is 8.89. The number of anilines is 3. The SMILES string of the molecule is Cc1c(NC(=O)C2CC2)ncnc1Nc1cc2c(s1)C(=O)NC21CCCCC1. The van der Waals surface area contributed by atoms with E-state index in [1.807, 2.05) is 6.92 Å². The number of hydrogen-bond acceptors (Lipinski definition) is 6. The molecule has 3 aliphatic rings. The van der Waals surface area contributed by atoms with Gasteiger partial charge in [0.15, 0.2) is 0 Å². The van der Waals surface area contributed by atoms with Crippen molar-refractivity contribution >= 4 is 39.8 Å². The van der Waals surface area contributed by atoms with E-state index in [2.05, 4.69) is 32.0 Å². The quantitative estimate of drug-likeness (QED) is 0.728. The highest BCUT2D eigenvalue weighted by atomic mass is 32.1. The molecule has 146 valence electrons. The predicted molar refractivity (Wildman–Crippen MR) is 108 cm³/mol. The molecule has 5 rings (SSSR count). The lowest BCUT2D eigenvalue weighted by molar-refractivity contribution is -0.117. The van der Waals surface area contributed by atoms with Crippen LogP contribution in [0.15, 0.2) is 12.4 Å². The second-order valence-electron chi connectivity index (χ2n) is 8.03. The van der Waals surface area contributed by atoms with Crippen LogP contribution in [0.4, 0.5) is 16.6 Å². The van der Waals surface area contributed by atoms with E-state index >= 15 is 0 Å². The molecular weight excluding hydrogens is 374 g/mol. The van der Waals surface area contributed by atoms with Crippen LogP contribution < -0.4 is 16.0 Å². The van der Waals surface area contributed by atoms with Gasteiger partial charge >= 0.3 is 0 Å². The third kappa shape index (κ3) is 2.96. The van der Waals surface area contributed by atoms with Crippen LogP contribution >= 0.6 is 11.3 Å². The molecule has 0 radical (unpaired) electrons. The first-order chi connectivity index (χ1) is 13.6. The van der Waals surface area contributed by atoms with Crippen LogP contribution in [0.25, 0.3) is 0 Å². The first kappa shape index (κ1) is 17.6. The molecule has 3 N–H and O–H groups in total. The van der Waals surface area contributed by atoms with Crippen molar-refractivity contribution in [2.45, 2.75) is 57.4 Å². The topological polar surface area (TPSA) is 96.0 Å². The van der Waals surface area contributed by atoms with Crippen LogP contribution in [0.1, 0.15) is 65.7 Å². The normalized spacial score (nSPS) is 20.0. The summed E-state index contributed by atoms with van der Waals surface area (Å²) in [5.74, 6) is 1.38. The number of rotatable bonds is 4. The summed E-state index contributed by atoms with van der Waals surface area (Å²) < 4.78 is 0. The molecular formula is C20H23N5O2S. The molecule has 2 aliphatic carbocycles. The van der Waals surface area contributed by atoms with E-state index in [0.29, 0.717) is 11.6 Å². The Morgan fingerprint density at radius 3 is 2.71 bits per heavy atom. The lowest BCUT2D eigenvalue weighted by Gasteiger charge is -2.33. The number of nitrogens with one attached hydrogen (secondary N) is 3. The standard InChI is InChI=1S/C20H23N5O2S/c1-11-16(21-10-22-17(11)24-18(26)12-5-6-12)23-14-9-13-15(28-14)19(27)25-20(13)7-3-2-4-8-20/h9-10,12H,2-8H2,1H3,(H,25,27)(H2,21,22,23,24,26). The van der Waals surface area contributed by atoms with Gasteiger partial charge in [-0.05, 0) is 38.7 Å². The van der Waals surface area contributed by atoms with E-state index < -0.39 is 0 Å². The first-order valence-electron chi connectivity index (χ1n) is 9.92. The van der Waals surface area contributed by atoms with E-state index in [9.17, 15) is 9.59 Å². The minimum atomic E-state index is -0.189. The summed E-state index contributed by atoms with van der Waals surface area (Å²) in [4.78, 5) is 33.9. The van der Waals surface area contributed by atoms with Gasteiger partial charge in [-0.2, -0.15) is 0 Å². The van der Waals surface area contributed by atoms with Crippen molar-refractivity contribution in [1.82, 2.24) is 15.3 Å². The van der Waals surface area contributed by atoms with Gasteiger partial charge in [0.2, 0.25) is 5.91 Å². The Balaban J connectivity index is 1.40. The Morgan fingerprint density at radius 1 is 1.21 bits per heavy atom. The fourth-order valence-electron chi connectivity index (χ4n) is 4.25. The highest BCUT2D eigenvalue weighted by Crippen LogP contribution is 2.47. The zero-order valence-corrected chi connectivity index (χ0v) is 16.6. The Labute approximate surface area is 167 Å². The van der Waals surface area contributed by atoms with Gasteiger partial charge in [0, 0.05) is 17.0 Å². The number of nitrogens with zero attached hydrogens (tertiary/aromatic N) is 2. The summed E-state index contributed by atoms with van der Waals surface area (Å²) >= 11 is 1.47. The summed E-state index contributed by atoms with van der Waals surface area (Å²) in [5, 5.41) is 10.4. The zero-order chi connectivity index (χ0) is 19.3. The maximum Gasteiger partial charge on any atom is 0.262 e. The van der Waals surface area contributed by atoms with Crippen molar-refractivity contribution < 1.29 is 9.59 Å². The Morgan fingerprint density at radius 2 is 1.96 bits per heavy atom. The van der Waals surface area contributed by atoms with Crippen molar-refractivity contribution in [2.75, 3.05) is 10.6 Å². The van der Waals surface area contributed by atoms with E-state index in [1.165, 1.54) is 24.1 Å². The molecule has 0 atom stereocenters. The average Bonchev–Trinajstić information content (AvgIpc) is 3.40. The molecule has 2 aromatic heterocycles.